The number of carbonyl (C=O) groups excluding carboxylic acids is 1. The molecule has 3 aromatic carbocycles. The molecule has 5 rings (SSSR count). The topological polar surface area (TPSA) is 54.4 Å². The highest BCUT2D eigenvalue weighted by atomic mass is 16.4. The van der Waals surface area contributed by atoms with E-state index < -0.39 is 5.97 Å². The minimum atomic E-state index is -0.897. The lowest BCUT2D eigenvalue weighted by Gasteiger charge is -2.56. The first-order valence-corrected chi connectivity index (χ1v) is 11.6. The molecule has 0 aromatic heterocycles. The molecule has 3 heteroatoms. The lowest BCUT2D eigenvalue weighted by molar-refractivity contribution is -0.122. The lowest BCUT2D eigenvalue weighted by Crippen LogP contribution is -2.53. The number of aryl methyl sites for hydroxylation is 1. The molecule has 3 nitrogen and oxygen atoms in total. The van der Waals surface area contributed by atoms with E-state index in [2.05, 4.69) is 37.3 Å². The minimum absolute atomic E-state index is 0.189. The van der Waals surface area contributed by atoms with Gasteiger partial charge in [0.15, 0.2) is 5.78 Å². The van der Waals surface area contributed by atoms with E-state index in [4.69, 9.17) is 0 Å². The molecule has 0 aliphatic heterocycles. The number of aromatic carboxylic acids is 1. The maximum Gasteiger partial charge on any atom is 0.335 e. The van der Waals surface area contributed by atoms with Gasteiger partial charge in [0, 0.05) is 11.8 Å². The third-order valence-corrected chi connectivity index (χ3v) is 7.86. The number of benzene rings is 3. The summed E-state index contributed by atoms with van der Waals surface area (Å²) in [7, 11) is 0. The predicted molar refractivity (Wildman–Crippen MR) is 130 cm³/mol. The van der Waals surface area contributed by atoms with Crippen molar-refractivity contribution in [2.24, 2.45) is 5.41 Å². The fourth-order valence-corrected chi connectivity index (χ4v) is 6.03. The van der Waals surface area contributed by atoms with Gasteiger partial charge in [-0.15, -0.1) is 0 Å². The fourth-order valence-electron chi connectivity index (χ4n) is 6.03. The first kappa shape index (κ1) is 21.4. The van der Waals surface area contributed by atoms with Crippen LogP contribution in [0.15, 0.2) is 84.4 Å². The van der Waals surface area contributed by atoms with Crippen LogP contribution in [0, 0.1) is 5.41 Å². The third kappa shape index (κ3) is 3.72. The zero-order valence-corrected chi connectivity index (χ0v) is 18.9. The predicted octanol–water partition coefficient (Wildman–Crippen LogP) is 6.26. The summed E-state index contributed by atoms with van der Waals surface area (Å²) >= 11 is 0. The van der Waals surface area contributed by atoms with Crippen molar-refractivity contribution in [2.45, 2.75) is 44.4 Å². The van der Waals surface area contributed by atoms with Crippen LogP contribution in [0.25, 0.3) is 6.08 Å². The van der Waals surface area contributed by atoms with Gasteiger partial charge in [0.05, 0.1) is 5.56 Å². The molecule has 0 amide bonds. The molecule has 0 heterocycles. The fraction of sp³-hybridized carbons (Fsp3) is 0.267. The van der Waals surface area contributed by atoms with E-state index in [9.17, 15) is 14.7 Å². The molecule has 2 atom stereocenters. The number of ketones is 1. The number of Topliss-reactive ketones (excluding diaryl/α,β-unsaturated/α-hetero) is 1. The molecule has 166 valence electrons. The molecule has 2 aliphatic rings. The number of fused-ring (bicyclic) bond motifs is 3. The van der Waals surface area contributed by atoms with E-state index in [0.717, 1.165) is 36.0 Å². The highest BCUT2D eigenvalue weighted by Gasteiger charge is 2.56. The normalized spacial score (nSPS) is 25.4. The maximum atomic E-state index is 13.4. The molecule has 33 heavy (non-hydrogen) atoms. The number of carboxylic acids is 1. The zero-order chi connectivity index (χ0) is 23.1. The molecule has 0 saturated heterocycles. The van der Waals surface area contributed by atoms with Crippen LogP contribution < -0.4 is 0 Å². The Morgan fingerprint density at radius 1 is 0.970 bits per heavy atom. The van der Waals surface area contributed by atoms with Crippen molar-refractivity contribution in [1.82, 2.24) is 0 Å². The average Bonchev–Trinajstić information content (AvgIpc) is 2.81. The summed E-state index contributed by atoms with van der Waals surface area (Å²) in [6.07, 6.45) is 5.72. The largest absolute Gasteiger partial charge is 0.478 e. The van der Waals surface area contributed by atoms with Crippen molar-refractivity contribution < 1.29 is 14.7 Å². The van der Waals surface area contributed by atoms with E-state index in [1.807, 2.05) is 48.5 Å². The third-order valence-electron chi connectivity index (χ3n) is 7.86. The first-order valence-electron chi connectivity index (χ1n) is 11.6. The number of carboxylic acid groups (broad SMARTS) is 1. The number of hydrogen-bond acceptors (Lipinski definition) is 2. The van der Waals surface area contributed by atoms with E-state index in [-0.39, 0.29) is 16.6 Å². The molecule has 3 aromatic rings. The Kier molecular flexibility index (Phi) is 5.28. The van der Waals surface area contributed by atoms with Crippen molar-refractivity contribution in [3.63, 3.8) is 0 Å². The Morgan fingerprint density at radius 2 is 1.67 bits per heavy atom. The second kappa shape index (κ2) is 8.15. The summed E-state index contributed by atoms with van der Waals surface area (Å²) < 4.78 is 0. The number of hydrogen-bond donors (Lipinski definition) is 1. The molecule has 2 aliphatic carbocycles. The van der Waals surface area contributed by atoms with Crippen LogP contribution in [-0.2, 0) is 23.1 Å². The SMILES string of the molecule is CC12CCc3cc(C(=O)O)ccc3C1(Cc1ccccc1)CC(=Cc1ccccc1)C(=O)C2. The van der Waals surface area contributed by atoms with E-state index in [1.54, 1.807) is 6.07 Å². The van der Waals surface area contributed by atoms with Crippen molar-refractivity contribution in [1.29, 1.82) is 0 Å². The minimum Gasteiger partial charge on any atom is -0.478 e. The summed E-state index contributed by atoms with van der Waals surface area (Å²) in [5.74, 6) is -0.664. The molecule has 1 N–H and O–H groups in total. The van der Waals surface area contributed by atoms with Crippen molar-refractivity contribution in [3.05, 3.63) is 112 Å². The van der Waals surface area contributed by atoms with Crippen LogP contribution in [0.1, 0.15) is 58.8 Å². The smallest absolute Gasteiger partial charge is 0.335 e. The van der Waals surface area contributed by atoms with E-state index >= 15 is 0 Å². The van der Waals surface area contributed by atoms with Crippen molar-refractivity contribution in [2.75, 3.05) is 0 Å². The first-order chi connectivity index (χ1) is 15.9. The lowest BCUT2D eigenvalue weighted by atomic mass is 9.46. The second-order valence-electron chi connectivity index (χ2n) is 9.84. The van der Waals surface area contributed by atoms with Gasteiger partial charge in [-0.2, -0.15) is 0 Å². The zero-order valence-electron chi connectivity index (χ0n) is 18.9. The van der Waals surface area contributed by atoms with Crippen LogP contribution in [0.5, 0.6) is 0 Å². The molecule has 2 unspecified atom stereocenters. The van der Waals surface area contributed by atoms with Crippen LogP contribution in [0.4, 0.5) is 0 Å². The molecule has 1 fully saturated rings. The van der Waals surface area contributed by atoms with Crippen LogP contribution in [-0.4, -0.2) is 16.9 Å². The van der Waals surface area contributed by atoms with Gasteiger partial charge < -0.3 is 5.11 Å². The van der Waals surface area contributed by atoms with Crippen molar-refractivity contribution in [3.8, 4) is 0 Å². The summed E-state index contributed by atoms with van der Waals surface area (Å²) in [4.78, 5) is 25.0. The Morgan fingerprint density at radius 3 is 2.36 bits per heavy atom. The number of rotatable bonds is 4. The van der Waals surface area contributed by atoms with Crippen molar-refractivity contribution >= 4 is 17.8 Å². The molecule has 1 saturated carbocycles. The van der Waals surface area contributed by atoms with E-state index in [0.29, 0.717) is 18.4 Å². The van der Waals surface area contributed by atoms with Gasteiger partial charge >= 0.3 is 5.97 Å². The quantitative estimate of drug-likeness (QED) is 0.491. The standard InChI is InChI=1S/C30H28O3/c1-29-15-14-23-17-24(28(32)33)12-13-26(23)30(29,18-22-10-6-3-7-11-22)19-25(27(31)20-29)16-21-8-4-2-5-9-21/h2-13,16-17H,14-15,18-20H2,1H3,(H,32,33). The summed E-state index contributed by atoms with van der Waals surface area (Å²) in [5, 5.41) is 9.56. The molecular weight excluding hydrogens is 408 g/mol. The Hall–Kier alpha value is -3.46. The van der Waals surface area contributed by atoms with E-state index in [1.165, 1.54) is 11.1 Å². The molecule has 0 bridgehead atoms. The van der Waals surface area contributed by atoms with Gasteiger partial charge in [-0.25, -0.2) is 4.79 Å². The van der Waals surface area contributed by atoms with Gasteiger partial charge in [-0.1, -0.05) is 73.7 Å². The highest BCUT2D eigenvalue weighted by Crippen LogP contribution is 2.60. The van der Waals surface area contributed by atoms with Gasteiger partial charge in [0.2, 0.25) is 0 Å². The molecular formula is C30H28O3. The summed E-state index contributed by atoms with van der Waals surface area (Å²) in [6.45, 7) is 2.27. The van der Waals surface area contributed by atoms with Gasteiger partial charge in [0.1, 0.15) is 0 Å². The molecule has 0 spiro atoms. The monoisotopic (exact) mass is 436 g/mol. The Labute approximate surface area is 194 Å². The summed E-state index contributed by atoms with van der Waals surface area (Å²) in [5.41, 5.74) is 5.33. The highest BCUT2D eigenvalue weighted by molar-refractivity contribution is 6.01. The Bertz CT molecular complexity index is 1240. The average molecular weight is 437 g/mol. The second-order valence-corrected chi connectivity index (χ2v) is 9.84. The van der Waals surface area contributed by atoms with Gasteiger partial charge in [-0.05, 0) is 77.1 Å². The van der Waals surface area contributed by atoms with Crippen LogP contribution in [0.2, 0.25) is 0 Å². The van der Waals surface area contributed by atoms with Crippen LogP contribution >= 0.6 is 0 Å². The number of allylic oxidation sites excluding steroid dienone is 1. The van der Waals surface area contributed by atoms with Gasteiger partial charge in [0.25, 0.3) is 0 Å². The van der Waals surface area contributed by atoms with Crippen LogP contribution in [0.3, 0.4) is 0 Å². The Balaban J connectivity index is 1.69. The van der Waals surface area contributed by atoms with Gasteiger partial charge in [-0.3, -0.25) is 4.79 Å². The molecule has 0 radical (unpaired) electrons. The maximum absolute atomic E-state index is 13.4. The number of carbonyl (C=O) groups is 2. The summed E-state index contributed by atoms with van der Waals surface area (Å²) in [6, 6.07) is 26.1.